The van der Waals surface area contributed by atoms with Crippen LogP contribution in [0.4, 0.5) is 11.4 Å². The first-order chi connectivity index (χ1) is 14.3. The number of anilines is 1. The molecule has 1 aliphatic rings. The van der Waals surface area contributed by atoms with Crippen molar-refractivity contribution in [2.75, 3.05) is 18.4 Å². The maximum Gasteiger partial charge on any atom is 0.289 e. The minimum Gasteiger partial charge on any atom is -0.324 e. The van der Waals surface area contributed by atoms with Crippen LogP contribution in [0.2, 0.25) is 5.02 Å². The van der Waals surface area contributed by atoms with E-state index in [0.717, 1.165) is 31.5 Å². The molecule has 2 aromatic carbocycles. The Kier molecular flexibility index (Phi) is 7.42. The number of hydrogen-bond donors (Lipinski definition) is 2. The molecule has 0 aromatic heterocycles. The van der Waals surface area contributed by atoms with E-state index in [4.69, 9.17) is 11.6 Å². The molecule has 1 unspecified atom stereocenters. The highest BCUT2D eigenvalue weighted by molar-refractivity contribution is 6.32. The summed E-state index contributed by atoms with van der Waals surface area (Å²) in [6.07, 6.45) is 1.92. The monoisotopic (exact) mass is 430 g/mol. The first-order valence-corrected chi connectivity index (χ1v) is 10.5. The lowest BCUT2D eigenvalue weighted by molar-refractivity contribution is -0.384. The zero-order valence-electron chi connectivity index (χ0n) is 17.2. The van der Waals surface area contributed by atoms with Crippen LogP contribution in [0.3, 0.4) is 0 Å². The number of nitrogens with zero attached hydrogens (tertiary/aromatic N) is 2. The fraction of sp³-hybridized carbons (Fsp3) is 0.409. The lowest BCUT2D eigenvalue weighted by Gasteiger charge is -2.37. The molecule has 0 saturated carbocycles. The number of piperidine rings is 1. The summed E-state index contributed by atoms with van der Waals surface area (Å²) in [5.41, 5.74) is 1.02. The molecule has 160 valence electrons. The maximum absolute atomic E-state index is 13.3. The number of carbonyl (C=O) groups is 1. The van der Waals surface area contributed by atoms with E-state index in [0.29, 0.717) is 17.8 Å². The number of nitrogens with one attached hydrogen (secondary N) is 2. The van der Waals surface area contributed by atoms with E-state index < -0.39 is 11.0 Å². The molecule has 1 saturated heterocycles. The number of carbonyl (C=O) groups excluding carboxylic acids is 1. The largest absolute Gasteiger partial charge is 0.324 e. The van der Waals surface area contributed by atoms with E-state index in [9.17, 15) is 14.9 Å². The smallest absolute Gasteiger partial charge is 0.289 e. The summed E-state index contributed by atoms with van der Waals surface area (Å²) in [6, 6.07) is 14.3. The molecular weight excluding hydrogens is 404 g/mol. The Morgan fingerprint density at radius 1 is 1.17 bits per heavy atom. The number of amides is 1. The van der Waals surface area contributed by atoms with Gasteiger partial charge in [-0.3, -0.25) is 19.8 Å². The van der Waals surface area contributed by atoms with Gasteiger partial charge < -0.3 is 10.6 Å². The highest BCUT2D eigenvalue weighted by Gasteiger charge is 2.31. The summed E-state index contributed by atoms with van der Waals surface area (Å²) in [7, 11) is 0. The number of halogens is 1. The second-order valence-electron chi connectivity index (χ2n) is 7.86. The predicted octanol–water partition coefficient (Wildman–Crippen LogP) is 4.39. The molecule has 1 heterocycles. The fourth-order valence-corrected chi connectivity index (χ4v) is 4.09. The van der Waals surface area contributed by atoms with Gasteiger partial charge in [0.25, 0.3) is 5.69 Å². The predicted molar refractivity (Wildman–Crippen MR) is 119 cm³/mol. The van der Waals surface area contributed by atoms with Gasteiger partial charge in [-0.15, -0.1) is 0 Å². The molecule has 0 bridgehead atoms. The van der Waals surface area contributed by atoms with Crippen molar-refractivity contribution in [3.8, 4) is 0 Å². The van der Waals surface area contributed by atoms with E-state index in [2.05, 4.69) is 29.4 Å². The molecule has 30 heavy (non-hydrogen) atoms. The number of benzene rings is 2. The van der Waals surface area contributed by atoms with E-state index >= 15 is 0 Å². The van der Waals surface area contributed by atoms with Crippen molar-refractivity contribution in [2.24, 2.45) is 0 Å². The number of rotatable bonds is 7. The van der Waals surface area contributed by atoms with Gasteiger partial charge in [-0.25, -0.2) is 0 Å². The quantitative estimate of drug-likeness (QED) is 0.502. The fourth-order valence-electron chi connectivity index (χ4n) is 3.90. The van der Waals surface area contributed by atoms with Crippen LogP contribution in [0.5, 0.6) is 0 Å². The summed E-state index contributed by atoms with van der Waals surface area (Å²) in [5.74, 6) is -0.215. The van der Waals surface area contributed by atoms with Crippen molar-refractivity contribution < 1.29 is 9.72 Å². The number of nitro benzene ring substituents is 1. The van der Waals surface area contributed by atoms with Crippen molar-refractivity contribution in [2.45, 2.75) is 44.8 Å². The Morgan fingerprint density at radius 2 is 1.83 bits per heavy atom. The Bertz CT molecular complexity index is 883. The van der Waals surface area contributed by atoms with Crippen LogP contribution in [0.25, 0.3) is 0 Å². The summed E-state index contributed by atoms with van der Waals surface area (Å²) in [6.45, 7) is 5.85. The highest BCUT2D eigenvalue weighted by Crippen LogP contribution is 2.30. The average molecular weight is 431 g/mol. The van der Waals surface area contributed by atoms with Crippen molar-refractivity contribution >= 4 is 28.9 Å². The molecule has 8 heteroatoms. The highest BCUT2D eigenvalue weighted by atomic mass is 35.5. The van der Waals surface area contributed by atoms with Crippen LogP contribution in [-0.2, 0) is 4.79 Å². The molecule has 1 atom stereocenters. The van der Waals surface area contributed by atoms with Crippen LogP contribution >= 0.6 is 11.6 Å². The van der Waals surface area contributed by atoms with E-state index in [1.165, 1.54) is 12.1 Å². The van der Waals surface area contributed by atoms with E-state index in [-0.39, 0.29) is 16.6 Å². The van der Waals surface area contributed by atoms with Crippen LogP contribution in [0.15, 0.2) is 48.5 Å². The van der Waals surface area contributed by atoms with Gasteiger partial charge in [0.05, 0.1) is 4.92 Å². The lowest BCUT2D eigenvalue weighted by Crippen LogP contribution is -2.48. The maximum atomic E-state index is 13.3. The number of nitro groups is 1. The molecule has 2 N–H and O–H groups in total. The van der Waals surface area contributed by atoms with Gasteiger partial charge in [-0.05, 0) is 30.5 Å². The summed E-state index contributed by atoms with van der Waals surface area (Å²) in [4.78, 5) is 26.0. The minimum absolute atomic E-state index is 0.0392. The normalized spacial score (nSPS) is 16.4. The average Bonchev–Trinajstić information content (AvgIpc) is 2.71. The molecule has 0 radical (unpaired) electrons. The molecule has 1 amide bonds. The molecule has 3 rings (SSSR count). The van der Waals surface area contributed by atoms with Gasteiger partial charge in [0.1, 0.15) is 11.1 Å². The second kappa shape index (κ2) is 10.0. The molecule has 0 aliphatic carbocycles. The Labute approximate surface area is 181 Å². The second-order valence-corrected chi connectivity index (χ2v) is 8.26. The van der Waals surface area contributed by atoms with Gasteiger partial charge in [0.2, 0.25) is 5.91 Å². The zero-order chi connectivity index (χ0) is 21.7. The summed E-state index contributed by atoms with van der Waals surface area (Å²) in [5, 5.41) is 17.6. The van der Waals surface area contributed by atoms with Gasteiger partial charge in [0, 0.05) is 36.9 Å². The third-order valence-corrected chi connectivity index (χ3v) is 5.56. The first kappa shape index (κ1) is 22.2. The van der Waals surface area contributed by atoms with Crippen LogP contribution < -0.4 is 10.6 Å². The van der Waals surface area contributed by atoms with Crippen molar-refractivity contribution in [3.63, 3.8) is 0 Å². The number of hydrogen-bond acceptors (Lipinski definition) is 5. The van der Waals surface area contributed by atoms with Crippen molar-refractivity contribution in [1.82, 2.24) is 10.2 Å². The van der Waals surface area contributed by atoms with Gasteiger partial charge in [0.15, 0.2) is 0 Å². The molecule has 1 fully saturated rings. The van der Waals surface area contributed by atoms with Crippen LogP contribution in [-0.4, -0.2) is 40.9 Å². The van der Waals surface area contributed by atoms with Crippen molar-refractivity contribution in [1.29, 1.82) is 0 Å². The third kappa shape index (κ3) is 5.56. The molecule has 1 aliphatic heterocycles. The Hall–Kier alpha value is -2.48. The molecular formula is C22H27ClN4O3. The van der Waals surface area contributed by atoms with Gasteiger partial charge >= 0.3 is 0 Å². The molecule has 7 nitrogen and oxygen atoms in total. The lowest BCUT2D eigenvalue weighted by atomic mass is 9.98. The summed E-state index contributed by atoms with van der Waals surface area (Å²) >= 11 is 5.89. The summed E-state index contributed by atoms with van der Waals surface area (Å²) < 4.78 is 0. The van der Waals surface area contributed by atoms with Gasteiger partial charge in [-0.1, -0.05) is 55.8 Å². The van der Waals surface area contributed by atoms with Gasteiger partial charge in [-0.2, -0.15) is 0 Å². The topological polar surface area (TPSA) is 87.5 Å². The van der Waals surface area contributed by atoms with E-state index in [1.807, 2.05) is 30.3 Å². The Morgan fingerprint density at radius 3 is 2.43 bits per heavy atom. The van der Waals surface area contributed by atoms with Crippen LogP contribution in [0, 0.1) is 10.1 Å². The van der Waals surface area contributed by atoms with Crippen molar-refractivity contribution in [3.05, 3.63) is 69.2 Å². The zero-order valence-corrected chi connectivity index (χ0v) is 17.9. The standard InChI is InChI=1S/C22H27ClN4O3/c1-15(2)24-17-10-12-26(13-11-17)21(16-6-4-3-5-7-16)22(28)25-18-8-9-19(23)20(14-18)27(29)30/h3-9,14-15,17,21,24H,10-13H2,1-2H3,(H,25,28). The minimum atomic E-state index is -0.556. The Balaban J connectivity index is 1.79. The molecule has 2 aromatic rings. The first-order valence-electron chi connectivity index (χ1n) is 10.1. The SMILES string of the molecule is CC(C)NC1CCN(C(C(=O)Nc2ccc(Cl)c([N+](=O)[O-])c2)c2ccccc2)CC1. The van der Waals surface area contributed by atoms with E-state index in [1.54, 1.807) is 6.07 Å². The molecule has 0 spiro atoms. The third-order valence-electron chi connectivity index (χ3n) is 5.24. The number of likely N-dealkylation sites (tertiary alicyclic amines) is 1. The van der Waals surface area contributed by atoms with Crippen LogP contribution in [0.1, 0.15) is 38.3 Å².